The number of terminal acetylenes is 1. The van der Waals surface area contributed by atoms with Crippen molar-refractivity contribution in [2.75, 3.05) is 0 Å². The molecule has 0 aliphatic heterocycles. The number of halogens is 3. The van der Waals surface area contributed by atoms with Gasteiger partial charge in [0.25, 0.3) is 0 Å². The second-order valence-electron chi connectivity index (χ2n) is 3.50. The maximum absolute atomic E-state index is 13.3. The van der Waals surface area contributed by atoms with Gasteiger partial charge < -0.3 is 0 Å². The second kappa shape index (κ2) is 4.57. The lowest BCUT2D eigenvalue weighted by atomic mass is 10.0. The maximum atomic E-state index is 13.3. The van der Waals surface area contributed by atoms with Crippen LogP contribution in [-0.4, -0.2) is 0 Å². The summed E-state index contributed by atoms with van der Waals surface area (Å²) < 4.78 is 26.4. The van der Waals surface area contributed by atoms with Crippen molar-refractivity contribution < 1.29 is 8.78 Å². The zero-order chi connectivity index (χ0) is 12.4. The van der Waals surface area contributed by atoms with Gasteiger partial charge in [0, 0.05) is 16.1 Å². The van der Waals surface area contributed by atoms with Gasteiger partial charge in [-0.05, 0) is 42.0 Å². The van der Waals surface area contributed by atoms with E-state index in [1.54, 1.807) is 6.07 Å². The molecule has 0 spiro atoms. The van der Waals surface area contributed by atoms with Gasteiger partial charge in [0.15, 0.2) is 0 Å². The highest BCUT2D eigenvalue weighted by molar-refractivity contribution is 6.33. The molecule has 0 atom stereocenters. The third kappa shape index (κ3) is 2.46. The van der Waals surface area contributed by atoms with E-state index in [4.69, 9.17) is 18.0 Å². The Labute approximate surface area is 103 Å². The molecule has 3 heteroatoms. The van der Waals surface area contributed by atoms with Crippen LogP contribution in [0.5, 0.6) is 0 Å². The van der Waals surface area contributed by atoms with Crippen LogP contribution in [0.2, 0.25) is 5.02 Å². The Balaban J connectivity index is 2.64. The fourth-order valence-electron chi connectivity index (χ4n) is 1.55. The Morgan fingerprint density at radius 2 is 1.76 bits per heavy atom. The van der Waals surface area contributed by atoms with Crippen LogP contribution >= 0.6 is 11.6 Å². The van der Waals surface area contributed by atoms with Gasteiger partial charge in [-0.15, -0.1) is 6.42 Å². The molecule has 2 rings (SSSR count). The highest BCUT2D eigenvalue weighted by Crippen LogP contribution is 2.29. The van der Waals surface area contributed by atoms with E-state index in [0.29, 0.717) is 21.7 Å². The van der Waals surface area contributed by atoms with Crippen molar-refractivity contribution in [3.05, 3.63) is 58.6 Å². The maximum Gasteiger partial charge on any atom is 0.125 e. The van der Waals surface area contributed by atoms with Crippen molar-refractivity contribution in [1.29, 1.82) is 0 Å². The standard InChI is InChI=1S/C14H7ClF2/c1-2-9-5-10(7-12(17)6-9)13-8-11(16)3-4-14(13)15/h1,3-8H. The minimum Gasteiger partial charge on any atom is -0.207 e. The lowest BCUT2D eigenvalue weighted by molar-refractivity contribution is 0.625. The van der Waals surface area contributed by atoms with Gasteiger partial charge >= 0.3 is 0 Å². The van der Waals surface area contributed by atoms with E-state index in [9.17, 15) is 8.78 Å². The summed E-state index contributed by atoms with van der Waals surface area (Å²) in [6.45, 7) is 0. The summed E-state index contributed by atoms with van der Waals surface area (Å²) in [5, 5.41) is 0.347. The molecule has 0 aliphatic carbocycles. The molecule has 0 aromatic heterocycles. The quantitative estimate of drug-likeness (QED) is 0.662. The van der Waals surface area contributed by atoms with Gasteiger partial charge in [0.05, 0.1) is 0 Å². The van der Waals surface area contributed by atoms with Gasteiger partial charge in [-0.2, -0.15) is 0 Å². The summed E-state index contributed by atoms with van der Waals surface area (Å²) in [6, 6.07) is 8.00. The third-order valence-electron chi connectivity index (χ3n) is 2.30. The molecule has 0 nitrogen and oxygen atoms in total. The molecule has 0 heterocycles. The molecule has 17 heavy (non-hydrogen) atoms. The van der Waals surface area contributed by atoms with Crippen LogP contribution in [0, 0.1) is 24.0 Å². The van der Waals surface area contributed by atoms with Crippen LogP contribution in [-0.2, 0) is 0 Å². The van der Waals surface area contributed by atoms with Crippen LogP contribution < -0.4 is 0 Å². The van der Waals surface area contributed by atoms with Crippen molar-refractivity contribution >= 4 is 11.6 Å². The van der Waals surface area contributed by atoms with Crippen LogP contribution in [0.1, 0.15) is 5.56 Å². The number of rotatable bonds is 1. The molecule has 0 fully saturated rings. The monoisotopic (exact) mass is 248 g/mol. The van der Waals surface area contributed by atoms with Crippen LogP contribution in [0.4, 0.5) is 8.78 Å². The summed E-state index contributed by atoms with van der Waals surface area (Å²) >= 11 is 5.94. The number of hydrogen-bond donors (Lipinski definition) is 0. The molecule has 2 aromatic rings. The molecule has 0 saturated carbocycles. The molecule has 0 unspecified atom stereocenters. The molecule has 0 N–H and O–H groups in total. The minimum absolute atomic E-state index is 0.347. The first-order valence-electron chi connectivity index (χ1n) is 4.83. The fraction of sp³-hybridized carbons (Fsp3) is 0. The normalized spacial score (nSPS) is 10.0. The van der Waals surface area contributed by atoms with E-state index < -0.39 is 11.6 Å². The van der Waals surface area contributed by atoms with Gasteiger partial charge in [-0.3, -0.25) is 0 Å². The summed E-state index contributed by atoms with van der Waals surface area (Å²) in [5.41, 5.74) is 1.27. The Morgan fingerprint density at radius 3 is 2.47 bits per heavy atom. The minimum atomic E-state index is -0.476. The van der Waals surface area contributed by atoms with Crippen molar-refractivity contribution in [1.82, 2.24) is 0 Å². The van der Waals surface area contributed by atoms with Gasteiger partial charge in [0.1, 0.15) is 11.6 Å². The largest absolute Gasteiger partial charge is 0.207 e. The third-order valence-corrected chi connectivity index (χ3v) is 2.63. The van der Waals surface area contributed by atoms with Gasteiger partial charge in [-0.1, -0.05) is 17.5 Å². The zero-order valence-corrected chi connectivity index (χ0v) is 9.43. The summed E-state index contributed by atoms with van der Waals surface area (Å²) in [4.78, 5) is 0. The molecule has 0 radical (unpaired) electrons. The van der Waals surface area contributed by atoms with Crippen molar-refractivity contribution in [2.24, 2.45) is 0 Å². The van der Waals surface area contributed by atoms with Crippen LogP contribution in [0.25, 0.3) is 11.1 Å². The van der Waals surface area contributed by atoms with Gasteiger partial charge in [-0.25, -0.2) is 8.78 Å². The lowest BCUT2D eigenvalue weighted by Crippen LogP contribution is -1.86. The Morgan fingerprint density at radius 1 is 1.00 bits per heavy atom. The lowest BCUT2D eigenvalue weighted by Gasteiger charge is -2.06. The highest BCUT2D eigenvalue weighted by Gasteiger charge is 2.07. The van der Waals surface area contributed by atoms with E-state index in [0.717, 1.165) is 0 Å². The summed E-state index contributed by atoms with van der Waals surface area (Å²) in [6.07, 6.45) is 5.21. The predicted molar refractivity (Wildman–Crippen MR) is 64.7 cm³/mol. The predicted octanol–water partition coefficient (Wildman–Crippen LogP) is 4.27. The van der Waals surface area contributed by atoms with Crippen LogP contribution in [0.15, 0.2) is 36.4 Å². The van der Waals surface area contributed by atoms with Crippen molar-refractivity contribution in [2.45, 2.75) is 0 Å². The van der Waals surface area contributed by atoms with E-state index in [1.807, 2.05) is 0 Å². The molecule has 0 bridgehead atoms. The molecule has 2 aromatic carbocycles. The van der Waals surface area contributed by atoms with Crippen molar-refractivity contribution in [3.63, 3.8) is 0 Å². The Bertz CT molecular complexity index is 612. The number of hydrogen-bond acceptors (Lipinski definition) is 0. The summed E-state index contributed by atoms with van der Waals surface area (Å²) in [7, 11) is 0. The van der Waals surface area contributed by atoms with E-state index >= 15 is 0 Å². The second-order valence-corrected chi connectivity index (χ2v) is 3.90. The molecular formula is C14H7ClF2. The van der Waals surface area contributed by atoms with E-state index in [1.165, 1.54) is 30.3 Å². The molecule has 84 valence electrons. The zero-order valence-electron chi connectivity index (χ0n) is 8.68. The molecule has 0 saturated heterocycles. The first kappa shape index (κ1) is 11.6. The van der Waals surface area contributed by atoms with Crippen LogP contribution in [0.3, 0.4) is 0 Å². The summed E-state index contributed by atoms with van der Waals surface area (Å²) in [5.74, 6) is 1.42. The first-order chi connectivity index (χ1) is 8.10. The Hall–Kier alpha value is -1.85. The molecule has 0 aliphatic rings. The van der Waals surface area contributed by atoms with E-state index in [-0.39, 0.29) is 0 Å². The first-order valence-corrected chi connectivity index (χ1v) is 5.20. The van der Waals surface area contributed by atoms with Crippen molar-refractivity contribution in [3.8, 4) is 23.5 Å². The number of benzene rings is 2. The smallest absolute Gasteiger partial charge is 0.125 e. The SMILES string of the molecule is C#Cc1cc(F)cc(-c2cc(F)ccc2Cl)c1. The topological polar surface area (TPSA) is 0 Å². The van der Waals surface area contributed by atoms with Gasteiger partial charge in [0.2, 0.25) is 0 Å². The molecular weight excluding hydrogens is 242 g/mol. The average molecular weight is 249 g/mol. The molecule has 0 amide bonds. The average Bonchev–Trinajstić information content (AvgIpc) is 2.31. The Kier molecular flexibility index (Phi) is 3.12. The van der Waals surface area contributed by atoms with E-state index in [2.05, 4.69) is 5.92 Å². The fourth-order valence-corrected chi connectivity index (χ4v) is 1.77. The highest BCUT2D eigenvalue weighted by atomic mass is 35.5.